The van der Waals surface area contributed by atoms with Gasteiger partial charge in [-0.3, -0.25) is 9.59 Å². The molecule has 6 nitrogen and oxygen atoms in total. The van der Waals surface area contributed by atoms with Gasteiger partial charge in [0.1, 0.15) is 17.1 Å². The summed E-state index contributed by atoms with van der Waals surface area (Å²) in [5, 5.41) is 28.3. The van der Waals surface area contributed by atoms with E-state index < -0.39 is 17.8 Å². The summed E-state index contributed by atoms with van der Waals surface area (Å²) < 4.78 is 0. The zero-order valence-corrected chi connectivity index (χ0v) is 10.2. The summed E-state index contributed by atoms with van der Waals surface area (Å²) in [5.74, 6) is -2.67. The lowest BCUT2D eigenvalue weighted by Gasteiger charge is -2.31. The quantitative estimate of drug-likeness (QED) is 0.742. The van der Waals surface area contributed by atoms with Crippen molar-refractivity contribution < 1.29 is 24.9 Å². The molecule has 0 saturated carbocycles. The Hall–Kier alpha value is -2.24. The lowest BCUT2D eigenvalue weighted by atomic mass is 9.97. The number of likely N-dealkylation sites (tertiary alicyclic amines) is 1. The molecule has 0 aromatic heterocycles. The predicted molar refractivity (Wildman–Crippen MR) is 66.0 cm³/mol. The SMILES string of the molecule is O=C(O)[C@@H]1CCCN(C(=O)c2c(O)cccc2O)C1. The number of carbonyl (C=O) groups excluding carboxylic acids is 1. The number of carboxylic acids is 1. The van der Waals surface area contributed by atoms with Gasteiger partial charge >= 0.3 is 5.97 Å². The fraction of sp³-hybridized carbons (Fsp3) is 0.385. The van der Waals surface area contributed by atoms with E-state index in [-0.39, 0.29) is 23.6 Å². The molecule has 6 heteroatoms. The summed E-state index contributed by atoms with van der Waals surface area (Å²) in [6.07, 6.45) is 1.13. The first-order valence-electron chi connectivity index (χ1n) is 6.03. The standard InChI is InChI=1S/C13H15NO5/c15-9-4-1-5-10(16)11(9)12(17)14-6-2-3-8(7-14)13(18)19/h1,4-5,8,15-16H,2-3,6-7H2,(H,18,19)/t8-/m1/s1. The largest absolute Gasteiger partial charge is 0.507 e. The maximum atomic E-state index is 12.2. The summed E-state index contributed by atoms with van der Waals surface area (Å²) in [7, 11) is 0. The van der Waals surface area contributed by atoms with Crippen molar-refractivity contribution in [2.45, 2.75) is 12.8 Å². The monoisotopic (exact) mass is 265 g/mol. The van der Waals surface area contributed by atoms with E-state index >= 15 is 0 Å². The van der Waals surface area contributed by atoms with Gasteiger partial charge < -0.3 is 20.2 Å². The molecule has 0 aliphatic carbocycles. The number of carbonyl (C=O) groups is 2. The number of aliphatic carboxylic acids is 1. The third-order valence-electron chi connectivity index (χ3n) is 3.29. The molecule has 19 heavy (non-hydrogen) atoms. The molecule has 1 aromatic rings. The molecule has 1 atom stereocenters. The number of phenolic OH excluding ortho intramolecular Hbond substituents is 2. The van der Waals surface area contributed by atoms with Crippen LogP contribution in [0, 0.1) is 5.92 Å². The number of aromatic hydroxyl groups is 2. The molecule has 0 unspecified atom stereocenters. The number of benzene rings is 1. The summed E-state index contributed by atoms with van der Waals surface area (Å²) in [6.45, 7) is 0.526. The Balaban J connectivity index is 2.22. The van der Waals surface area contributed by atoms with Crippen LogP contribution in [0.5, 0.6) is 11.5 Å². The van der Waals surface area contributed by atoms with Gasteiger partial charge in [-0.2, -0.15) is 0 Å². The Morgan fingerprint density at radius 2 is 1.84 bits per heavy atom. The number of piperidine rings is 1. The van der Waals surface area contributed by atoms with Crippen LogP contribution in [-0.2, 0) is 4.79 Å². The topological polar surface area (TPSA) is 98.1 Å². The number of nitrogens with zero attached hydrogens (tertiary/aromatic N) is 1. The number of phenols is 2. The molecule has 1 aliphatic heterocycles. The molecule has 1 fully saturated rings. The molecule has 0 bridgehead atoms. The van der Waals surface area contributed by atoms with Crippen molar-refractivity contribution in [3.8, 4) is 11.5 Å². The van der Waals surface area contributed by atoms with Gasteiger partial charge in [0, 0.05) is 13.1 Å². The van der Waals surface area contributed by atoms with Crippen LogP contribution in [0.3, 0.4) is 0 Å². The van der Waals surface area contributed by atoms with E-state index in [4.69, 9.17) is 5.11 Å². The smallest absolute Gasteiger partial charge is 0.308 e. The third kappa shape index (κ3) is 2.62. The normalized spacial score (nSPS) is 19.2. The molecule has 1 saturated heterocycles. The first-order valence-corrected chi connectivity index (χ1v) is 6.03. The van der Waals surface area contributed by atoms with Gasteiger partial charge in [-0.15, -0.1) is 0 Å². The highest BCUT2D eigenvalue weighted by atomic mass is 16.4. The first-order chi connectivity index (χ1) is 9.00. The molecule has 0 spiro atoms. The van der Waals surface area contributed by atoms with Gasteiger partial charge in [0.05, 0.1) is 5.92 Å². The second-order valence-corrected chi connectivity index (χ2v) is 4.60. The molecular formula is C13H15NO5. The highest BCUT2D eigenvalue weighted by molar-refractivity contribution is 5.99. The molecule has 2 rings (SSSR count). The van der Waals surface area contributed by atoms with Gasteiger partial charge in [-0.05, 0) is 25.0 Å². The van der Waals surface area contributed by atoms with Gasteiger partial charge in [-0.25, -0.2) is 0 Å². The maximum Gasteiger partial charge on any atom is 0.308 e. The Morgan fingerprint density at radius 3 is 2.42 bits per heavy atom. The van der Waals surface area contributed by atoms with E-state index in [1.54, 1.807) is 0 Å². The summed E-state index contributed by atoms with van der Waals surface area (Å²) >= 11 is 0. The zero-order valence-electron chi connectivity index (χ0n) is 10.2. The maximum absolute atomic E-state index is 12.2. The van der Waals surface area contributed by atoms with Crippen LogP contribution in [-0.4, -0.2) is 45.2 Å². The summed E-state index contributed by atoms with van der Waals surface area (Å²) in [5.41, 5.74) is -0.173. The van der Waals surface area contributed by atoms with E-state index in [9.17, 15) is 19.8 Å². The van der Waals surface area contributed by atoms with Crippen LogP contribution in [0.15, 0.2) is 18.2 Å². The van der Waals surface area contributed by atoms with Gasteiger partial charge in [0.2, 0.25) is 0 Å². The van der Waals surface area contributed by atoms with Crippen LogP contribution in [0.25, 0.3) is 0 Å². The average molecular weight is 265 g/mol. The molecule has 102 valence electrons. The lowest BCUT2D eigenvalue weighted by molar-refractivity contribution is -0.143. The van der Waals surface area contributed by atoms with Gasteiger partial charge in [-0.1, -0.05) is 6.07 Å². The average Bonchev–Trinajstić information content (AvgIpc) is 2.38. The van der Waals surface area contributed by atoms with Crippen molar-refractivity contribution in [1.82, 2.24) is 4.90 Å². The van der Waals surface area contributed by atoms with Crippen molar-refractivity contribution >= 4 is 11.9 Å². The minimum atomic E-state index is -0.931. The number of rotatable bonds is 2. The molecule has 1 amide bonds. The van der Waals surface area contributed by atoms with Crippen LogP contribution in [0.2, 0.25) is 0 Å². The Morgan fingerprint density at radius 1 is 1.21 bits per heavy atom. The van der Waals surface area contributed by atoms with Crippen LogP contribution < -0.4 is 0 Å². The van der Waals surface area contributed by atoms with E-state index in [1.807, 2.05) is 0 Å². The number of hydrogen-bond donors (Lipinski definition) is 3. The highest BCUT2D eigenvalue weighted by Gasteiger charge is 2.30. The number of amides is 1. The third-order valence-corrected chi connectivity index (χ3v) is 3.29. The second kappa shape index (κ2) is 5.17. The van der Waals surface area contributed by atoms with E-state index in [0.717, 1.165) is 0 Å². The molecule has 1 aromatic carbocycles. The Kier molecular flexibility index (Phi) is 3.59. The van der Waals surface area contributed by atoms with Crippen molar-refractivity contribution in [3.63, 3.8) is 0 Å². The van der Waals surface area contributed by atoms with Crippen molar-refractivity contribution in [2.24, 2.45) is 5.92 Å². The fourth-order valence-corrected chi connectivity index (χ4v) is 2.27. The van der Waals surface area contributed by atoms with Crippen molar-refractivity contribution in [1.29, 1.82) is 0 Å². The Labute approximate surface area is 109 Å². The number of hydrogen-bond acceptors (Lipinski definition) is 4. The van der Waals surface area contributed by atoms with Crippen molar-refractivity contribution in [2.75, 3.05) is 13.1 Å². The minimum Gasteiger partial charge on any atom is -0.507 e. The Bertz CT molecular complexity index is 494. The van der Waals surface area contributed by atoms with E-state index in [0.29, 0.717) is 19.4 Å². The van der Waals surface area contributed by atoms with E-state index in [2.05, 4.69) is 0 Å². The molecule has 1 heterocycles. The summed E-state index contributed by atoms with van der Waals surface area (Å²) in [4.78, 5) is 24.5. The fourth-order valence-electron chi connectivity index (χ4n) is 2.27. The van der Waals surface area contributed by atoms with Gasteiger partial charge in [0.15, 0.2) is 0 Å². The lowest BCUT2D eigenvalue weighted by Crippen LogP contribution is -2.42. The zero-order chi connectivity index (χ0) is 14.0. The molecule has 3 N–H and O–H groups in total. The van der Waals surface area contributed by atoms with E-state index in [1.165, 1.54) is 23.1 Å². The summed E-state index contributed by atoms with van der Waals surface area (Å²) in [6, 6.07) is 4.05. The van der Waals surface area contributed by atoms with Gasteiger partial charge in [0.25, 0.3) is 5.91 Å². The van der Waals surface area contributed by atoms with Crippen molar-refractivity contribution in [3.05, 3.63) is 23.8 Å². The predicted octanol–water partition coefficient (Wildman–Crippen LogP) is 1.03. The van der Waals surface area contributed by atoms with Crippen LogP contribution in [0.4, 0.5) is 0 Å². The second-order valence-electron chi connectivity index (χ2n) is 4.60. The number of carboxylic acid groups (broad SMARTS) is 1. The first kappa shape index (κ1) is 13.2. The van der Waals surface area contributed by atoms with Crippen LogP contribution >= 0.6 is 0 Å². The molecule has 0 radical (unpaired) electrons. The highest BCUT2D eigenvalue weighted by Crippen LogP contribution is 2.29. The molecular weight excluding hydrogens is 250 g/mol. The van der Waals surface area contributed by atoms with Crippen LogP contribution in [0.1, 0.15) is 23.2 Å². The minimum absolute atomic E-state index is 0.0991. The molecule has 1 aliphatic rings.